The van der Waals surface area contributed by atoms with Gasteiger partial charge < -0.3 is 5.32 Å². The van der Waals surface area contributed by atoms with E-state index in [0.29, 0.717) is 0 Å². The van der Waals surface area contributed by atoms with E-state index in [2.05, 4.69) is 52.0 Å². The third kappa shape index (κ3) is 2.80. The van der Waals surface area contributed by atoms with E-state index in [0.717, 1.165) is 32.7 Å². The van der Waals surface area contributed by atoms with E-state index in [-0.39, 0.29) is 0 Å². The molecule has 3 heteroatoms. The van der Waals surface area contributed by atoms with Crippen LogP contribution in [0.15, 0.2) is 41.8 Å². The maximum absolute atomic E-state index is 3.39. The predicted molar refractivity (Wildman–Crippen MR) is 77.9 cm³/mol. The lowest BCUT2D eigenvalue weighted by molar-refractivity contribution is 0.233. The van der Waals surface area contributed by atoms with Gasteiger partial charge in [-0.2, -0.15) is 0 Å². The second kappa shape index (κ2) is 5.65. The fourth-order valence-electron chi connectivity index (χ4n) is 2.39. The Morgan fingerprint density at radius 2 is 2.00 bits per heavy atom. The van der Waals surface area contributed by atoms with Gasteiger partial charge in [0.2, 0.25) is 0 Å². The summed E-state index contributed by atoms with van der Waals surface area (Å²) >= 11 is 1.81. The maximum atomic E-state index is 3.39. The Kier molecular flexibility index (Phi) is 3.74. The molecular formula is C15H18N2S. The molecule has 0 bridgehead atoms. The number of rotatable bonds is 3. The van der Waals surface area contributed by atoms with Crippen LogP contribution in [0.5, 0.6) is 0 Å². The molecule has 1 fully saturated rings. The van der Waals surface area contributed by atoms with Crippen LogP contribution in [-0.2, 0) is 6.54 Å². The van der Waals surface area contributed by atoms with Crippen LogP contribution in [0.4, 0.5) is 0 Å². The van der Waals surface area contributed by atoms with Crippen molar-refractivity contribution in [3.63, 3.8) is 0 Å². The molecule has 0 atom stereocenters. The van der Waals surface area contributed by atoms with Gasteiger partial charge >= 0.3 is 0 Å². The lowest BCUT2D eigenvalue weighted by atomic mass is 10.1. The molecule has 2 nitrogen and oxygen atoms in total. The van der Waals surface area contributed by atoms with Crippen LogP contribution in [0.3, 0.4) is 0 Å². The van der Waals surface area contributed by atoms with Gasteiger partial charge in [-0.3, -0.25) is 4.90 Å². The van der Waals surface area contributed by atoms with Crippen LogP contribution in [0.1, 0.15) is 5.56 Å². The summed E-state index contributed by atoms with van der Waals surface area (Å²) in [5.41, 5.74) is 2.76. The summed E-state index contributed by atoms with van der Waals surface area (Å²) in [7, 11) is 0. The molecule has 1 N–H and O–H groups in total. The van der Waals surface area contributed by atoms with E-state index in [4.69, 9.17) is 0 Å². The Balaban J connectivity index is 1.74. The van der Waals surface area contributed by atoms with Crippen molar-refractivity contribution in [3.8, 4) is 10.4 Å². The molecule has 0 amide bonds. The molecule has 0 saturated carbocycles. The summed E-state index contributed by atoms with van der Waals surface area (Å²) in [5, 5.41) is 5.53. The van der Waals surface area contributed by atoms with Crippen molar-refractivity contribution in [1.82, 2.24) is 10.2 Å². The smallest absolute Gasteiger partial charge is 0.0342 e. The second-order valence-corrected chi connectivity index (χ2v) is 5.65. The molecule has 0 aliphatic carbocycles. The number of nitrogens with zero attached hydrogens (tertiary/aromatic N) is 1. The van der Waals surface area contributed by atoms with Crippen LogP contribution in [0, 0.1) is 0 Å². The van der Waals surface area contributed by atoms with Crippen molar-refractivity contribution in [1.29, 1.82) is 0 Å². The lowest BCUT2D eigenvalue weighted by Crippen LogP contribution is -2.42. The Bertz CT molecular complexity index is 487. The average molecular weight is 258 g/mol. The van der Waals surface area contributed by atoms with Gasteiger partial charge in [0.15, 0.2) is 0 Å². The molecular weight excluding hydrogens is 240 g/mol. The van der Waals surface area contributed by atoms with E-state index in [9.17, 15) is 0 Å². The van der Waals surface area contributed by atoms with Crippen LogP contribution in [0.25, 0.3) is 10.4 Å². The predicted octanol–water partition coefficient (Wildman–Crippen LogP) is 2.82. The highest BCUT2D eigenvalue weighted by molar-refractivity contribution is 7.13. The Labute approximate surface area is 112 Å². The minimum atomic E-state index is 1.07. The highest BCUT2D eigenvalue weighted by Crippen LogP contribution is 2.25. The number of piperazine rings is 1. The highest BCUT2D eigenvalue weighted by atomic mass is 32.1. The minimum absolute atomic E-state index is 1.07. The SMILES string of the molecule is c1cc(CN2CCNCC2)cc(-c2cccs2)c1. The molecule has 2 aromatic rings. The van der Waals surface area contributed by atoms with Gasteiger partial charge in [0, 0.05) is 37.6 Å². The summed E-state index contributed by atoms with van der Waals surface area (Å²) in [6, 6.07) is 13.2. The van der Waals surface area contributed by atoms with Gasteiger partial charge in [-0.05, 0) is 28.6 Å². The van der Waals surface area contributed by atoms with Crippen LogP contribution >= 0.6 is 11.3 Å². The van der Waals surface area contributed by atoms with Gasteiger partial charge in [0.25, 0.3) is 0 Å². The fourth-order valence-corrected chi connectivity index (χ4v) is 3.12. The Morgan fingerprint density at radius 1 is 1.11 bits per heavy atom. The number of nitrogens with one attached hydrogen (secondary N) is 1. The number of thiophene rings is 1. The van der Waals surface area contributed by atoms with Crippen LogP contribution < -0.4 is 5.32 Å². The molecule has 18 heavy (non-hydrogen) atoms. The third-order valence-electron chi connectivity index (χ3n) is 3.35. The Morgan fingerprint density at radius 3 is 2.78 bits per heavy atom. The van der Waals surface area contributed by atoms with Crippen molar-refractivity contribution in [2.24, 2.45) is 0 Å². The maximum Gasteiger partial charge on any atom is 0.0342 e. The van der Waals surface area contributed by atoms with E-state index < -0.39 is 0 Å². The normalized spacial score (nSPS) is 16.9. The first-order valence-electron chi connectivity index (χ1n) is 6.48. The molecule has 2 heterocycles. The molecule has 1 aliphatic rings. The molecule has 1 saturated heterocycles. The highest BCUT2D eigenvalue weighted by Gasteiger charge is 2.10. The largest absolute Gasteiger partial charge is 0.314 e. The summed E-state index contributed by atoms with van der Waals surface area (Å²) < 4.78 is 0. The molecule has 1 aromatic heterocycles. The lowest BCUT2D eigenvalue weighted by Gasteiger charge is -2.27. The fraction of sp³-hybridized carbons (Fsp3) is 0.333. The quantitative estimate of drug-likeness (QED) is 0.910. The van der Waals surface area contributed by atoms with Gasteiger partial charge in [-0.1, -0.05) is 24.3 Å². The Hall–Kier alpha value is -1.16. The van der Waals surface area contributed by atoms with Crippen molar-refractivity contribution in [2.75, 3.05) is 26.2 Å². The second-order valence-electron chi connectivity index (χ2n) is 4.70. The summed E-state index contributed by atoms with van der Waals surface area (Å²) in [6.45, 7) is 5.61. The summed E-state index contributed by atoms with van der Waals surface area (Å²) in [6.07, 6.45) is 0. The molecule has 94 valence electrons. The minimum Gasteiger partial charge on any atom is -0.314 e. The third-order valence-corrected chi connectivity index (χ3v) is 4.27. The van der Waals surface area contributed by atoms with E-state index in [1.54, 1.807) is 0 Å². The topological polar surface area (TPSA) is 15.3 Å². The van der Waals surface area contributed by atoms with Crippen molar-refractivity contribution in [3.05, 3.63) is 47.3 Å². The molecule has 0 unspecified atom stereocenters. The first-order chi connectivity index (χ1) is 8.92. The van der Waals surface area contributed by atoms with Crippen molar-refractivity contribution < 1.29 is 0 Å². The van der Waals surface area contributed by atoms with Gasteiger partial charge in [-0.15, -0.1) is 11.3 Å². The van der Waals surface area contributed by atoms with Crippen LogP contribution in [-0.4, -0.2) is 31.1 Å². The standard InChI is InChI=1S/C15H18N2S/c1-3-13(12-17-8-6-16-7-9-17)11-14(4-1)15-5-2-10-18-15/h1-5,10-11,16H,6-9,12H2. The van der Waals surface area contributed by atoms with E-state index in [1.165, 1.54) is 16.0 Å². The number of benzene rings is 1. The van der Waals surface area contributed by atoms with Crippen molar-refractivity contribution in [2.45, 2.75) is 6.54 Å². The zero-order valence-corrected chi connectivity index (χ0v) is 11.2. The molecule has 1 aromatic carbocycles. The van der Waals surface area contributed by atoms with Crippen molar-refractivity contribution >= 4 is 11.3 Å². The van der Waals surface area contributed by atoms with Crippen LogP contribution in [0.2, 0.25) is 0 Å². The molecule has 3 rings (SSSR count). The van der Waals surface area contributed by atoms with E-state index >= 15 is 0 Å². The zero-order valence-electron chi connectivity index (χ0n) is 10.4. The molecule has 1 aliphatic heterocycles. The summed E-state index contributed by atoms with van der Waals surface area (Å²) in [4.78, 5) is 3.88. The van der Waals surface area contributed by atoms with Gasteiger partial charge in [-0.25, -0.2) is 0 Å². The van der Waals surface area contributed by atoms with Gasteiger partial charge in [0.05, 0.1) is 0 Å². The number of hydrogen-bond acceptors (Lipinski definition) is 3. The van der Waals surface area contributed by atoms with Gasteiger partial charge in [0.1, 0.15) is 0 Å². The monoisotopic (exact) mass is 258 g/mol. The first-order valence-corrected chi connectivity index (χ1v) is 7.36. The molecule has 0 spiro atoms. The zero-order chi connectivity index (χ0) is 12.2. The first kappa shape index (κ1) is 11.9. The number of hydrogen-bond donors (Lipinski definition) is 1. The summed E-state index contributed by atoms with van der Waals surface area (Å²) in [5.74, 6) is 0. The average Bonchev–Trinajstić information content (AvgIpc) is 2.94. The van der Waals surface area contributed by atoms with E-state index in [1.807, 2.05) is 11.3 Å². The molecule has 0 radical (unpaired) electrons.